The van der Waals surface area contributed by atoms with Crippen LogP contribution < -0.4 is 5.73 Å². The Morgan fingerprint density at radius 2 is 1.26 bits per heavy atom. The Bertz CT molecular complexity index is 680. The second-order valence-corrected chi connectivity index (χ2v) is 4.03. The van der Waals surface area contributed by atoms with Crippen molar-refractivity contribution in [2.24, 2.45) is 0 Å². The number of aromatic nitrogens is 4. The summed E-state index contributed by atoms with van der Waals surface area (Å²) in [4.78, 5) is 0. The Morgan fingerprint density at radius 1 is 0.632 bits per heavy atom. The van der Waals surface area contributed by atoms with Crippen molar-refractivity contribution in [3.8, 4) is 22.5 Å². The number of nitrogen functional groups attached to an aromatic ring is 1. The molecule has 2 aromatic carbocycles. The van der Waals surface area contributed by atoms with Gasteiger partial charge in [0.2, 0.25) is 5.82 Å². The number of nitrogens with zero attached hydrogens (tertiary/aromatic N) is 4. The molecule has 0 fully saturated rings. The zero-order valence-electron chi connectivity index (χ0n) is 10.1. The van der Waals surface area contributed by atoms with E-state index in [0.717, 1.165) is 16.7 Å². The third kappa shape index (κ3) is 2.40. The summed E-state index contributed by atoms with van der Waals surface area (Å²) in [5.41, 5.74) is 8.48. The van der Waals surface area contributed by atoms with E-state index in [2.05, 4.69) is 32.5 Å². The Kier molecular flexibility index (Phi) is 2.86. The molecule has 19 heavy (non-hydrogen) atoms. The van der Waals surface area contributed by atoms with Gasteiger partial charge < -0.3 is 5.73 Å². The third-order valence-electron chi connectivity index (χ3n) is 2.72. The SMILES string of the molecule is Nc1nnc(-c2cccc(-c3ccccc3)c2)nn1. The smallest absolute Gasteiger partial charge is 0.259 e. The lowest BCUT2D eigenvalue weighted by atomic mass is 10.0. The zero-order valence-corrected chi connectivity index (χ0v) is 10.1. The molecular weight excluding hydrogens is 238 g/mol. The van der Waals surface area contributed by atoms with Gasteiger partial charge in [0.25, 0.3) is 5.95 Å². The van der Waals surface area contributed by atoms with E-state index in [1.807, 2.05) is 42.5 Å². The molecule has 0 atom stereocenters. The molecule has 5 heteroatoms. The predicted molar refractivity (Wildman–Crippen MR) is 72.9 cm³/mol. The highest BCUT2D eigenvalue weighted by Gasteiger charge is 2.05. The maximum atomic E-state index is 5.38. The molecule has 92 valence electrons. The van der Waals surface area contributed by atoms with Gasteiger partial charge >= 0.3 is 0 Å². The summed E-state index contributed by atoms with van der Waals surface area (Å²) in [6.07, 6.45) is 0. The third-order valence-corrected chi connectivity index (χ3v) is 2.72. The molecule has 0 spiro atoms. The first-order chi connectivity index (χ1) is 9.33. The van der Waals surface area contributed by atoms with Crippen LogP contribution in [0.1, 0.15) is 0 Å². The van der Waals surface area contributed by atoms with E-state index in [1.165, 1.54) is 0 Å². The van der Waals surface area contributed by atoms with Crippen LogP contribution in [0.25, 0.3) is 22.5 Å². The predicted octanol–water partition coefficient (Wildman–Crippen LogP) is 2.18. The van der Waals surface area contributed by atoms with Crippen molar-refractivity contribution in [1.82, 2.24) is 20.4 Å². The quantitative estimate of drug-likeness (QED) is 0.753. The lowest BCUT2D eigenvalue weighted by Gasteiger charge is -2.03. The first-order valence-electron chi connectivity index (χ1n) is 5.82. The van der Waals surface area contributed by atoms with Crippen LogP contribution in [-0.4, -0.2) is 20.4 Å². The molecule has 0 bridgehead atoms. The van der Waals surface area contributed by atoms with Crippen molar-refractivity contribution < 1.29 is 0 Å². The summed E-state index contributed by atoms with van der Waals surface area (Å²) in [7, 11) is 0. The zero-order chi connectivity index (χ0) is 13.1. The minimum absolute atomic E-state index is 0.0722. The highest BCUT2D eigenvalue weighted by molar-refractivity contribution is 5.69. The summed E-state index contributed by atoms with van der Waals surface area (Å²) >= 11 is 0. The lowest BCUT2D eigenvalue weighted by molar-refractivity contribution is 0.881. The van der Waals surface area contributed by atoms with E-state index >= 15 is 0 Å². The first kappa shape index (κ1) is 11.3. The van der Waals surface area contributed by atoms with Gasteiger partial charge in [-0.2, -0.15) is 0 Å². The van der Waals surface area contributed by atoms with Gasteiger partial charge in [0, 0.05) is 5.56 Å². The van der Waals surface area contributed by atoms with E-state index in [-0.39, 0.29) is 5.95 Å². The summed E-state index contributed by atoms with van der Waals surface area (Å²) in [5, 5.41) is 15.3. The maximum absolute atomic E-state index is 5.38. The van der Waals surface area contributed by atoms with Crippen molar-refractivity contribution in [2.75, 3.05) is 5.73 Å². The fourth-order valence-electron chi connectivity index (χ4n) is 1.82. The van der Waals surface area contributed by atoms with E-state index in [4.69, 9.17) is 5.73 Å². The van der Waals surface area contributed by atoms with Gasteiger partial charge in [-0.3, -0.25) is 0 Å². The second kappa shape index (κ2) is 4.81. The molecule has 1 heterocycles. The Balaban J connectivity index is 2.03. The first-order valence-corrected chi connectivity index (χ1v) is 5.82. The molecule has 0 radical (unpaired) electrons. The minimum atomic E-state index is 0.0722. The topological polar surface area (TPSA) is 77.6 Å². The van der Waals surface area contributed by atoms with Crippen LogP contribution >= 0.6 is 0 Å². The maximum Gasteiger partial charge on any atom is 0.259 e. The molecule has 5 nitrogen and oxygen atoms in total. The van der Waals surface area contributed by atoms with E-state index in [0.29, 0.717) is 5.82 Å². The van der Waals surface area contributed by atoms with Crippen LogP contribution in [-0.2, 0) is 0 Å². The average Bonchev–Trinajstić information content (AvgIpc) is 2.49. The fraction of sp³-hybridized carbons (Fsp3) is 0. The van der Waals surface area contributed by atoms with Gasteiger partial charge in [0.1, 0.15) is 0 Å². The van der Waals surface area contributed by atoms with Crippen LogP contribution in [0.3, 0.4) is 0 Å². The van der Waals surface area contributed by atoms with Gasteiger partial charge in [-0.15, -0.1) is 20.4 Å². The molecular formula is C14H11N5. The number of anilines is 1. The molecule has 0 aliphatic carbocycles. The number of nitrogens with two attached hydrogens (primary N) is 1. The summed E-state index contributed by atoms with van der Waals surface area (Å²) in [6.45, 7) is 0. The number of rotatable bonds is 2. The monoisotopic (exact) mass is 249 g/mol. The fourth-order valence-corrected chi connectivity index (χ4v) is 1.82. The molecule has 0 saturated carbocycles. The molecule has 1 aromatic heterocycles. The van der Waals surface area contributed by atoms with Gasteiger partial charge in [-0.25, -0.2) is 0 Å². The van der Waals surface area contributed by atoms with Crippen molar-refractivity contribution in [2.45, 2.75) is 0 Å². The van der Waals surface area contributed by atoms with Crippen LogP contribution in [0.4, 0.5) is 5.95 Å². The van der Waals surface area contributed by atoms with Gasteiger partial charge in [-0.05, 0) is 17.2 Å². The lowest BCUT2D eigenvalue weighted by Crippen LogP contribution is -2.01. The van der Waals surface area contributed by atoms with Crippen LogP contribution in [0, 0.1) is 0 Å². The highest BCUT2D eigenvalue weighted by Crippen LogP contribution is 2.23. The molecule has 3 aromatic rings. The highest BCUT2D eigenvalue weighted by atomic mass is 15.3. The molecule has 0 unspecified atom stereocenters. The van der Waals surface area contributed by atoms with Crippen molar-refractivity contribution in [3.63, 3.8) is 0 Å². The summed E-state index contributed by atoms with van der Waals surface area (Å²) < 4.78 is 0. The van der Waals surface area contributed by atoms with Crippen molar-refractivity contribution >= 4 is 5.95 Å². The number of hydrogen-bond acceptors (Lipinski definition) is 5. The van der Waals surface area contributed by atoms with Crippen LogP contribution in [0.5, 0.6) is 0 Å². The number of benzene rings is 2. The van der Waals surface area contributed by atoms with Gasteiger partial charge in [0.05, 0.1) is 0 Å². The minimum Gasteiger partial charge on any atom is -0.365 e. The molecule has 0 amide bonds. The molecule has 3 rings (SSSR count). The van der Waals surface area contributed by atoms with E-state index in [9.17, 15) is 0 Å². The summed E-state index contributed by atoms with van der Waals surface area (Å²) in [5.74, 6) is 0.537. The van der Waals surface area contributed by atoms with Crippen molar-refractivity contribution in [3.05, 3.63) is 54.6 Å². The van der Waals surface area contributed by atoms with Gasteiger partial charge in [-0.1, -0.05) is 48.5 Å². The molecule has 0 aliphatic rings. The average molecular weight is 249 g/mol. The molecule has 0 saturated heterocycles. The normalized spacial score (nSPS) is 10.3. The second-order valence-electron chi connectivity index (χ2n) is 4.03. The largest absolute Gasteiger partial charge is 0.365 e. The number of hydrogen-bond donors (Lipinski definition) is 1. The Hall–Kier alpha value is -2.82. The Morgan fingerprint density at radius 3 is 2.00 bits per heavy atom. The standard InChI is InChI=1S/C14H11N5/c15-14-18-16-13(17-19-14)12-8-4-7-11(9-12)10-5-2-1-3-6-10/h1-9H,(H2,15,18,19). The van der Waals surface area contributed by atoms with E-state index < -0.39 is 0 Å². The molecule has 0 aliphatic heterocycles. The van der Waals surface area contributed by atoms with Crippen molar-refractivity contribution in [1.29, 1.82) is 0 Å². The van der Waals surface area contributed by atoms with E-state index in [1.54, 1.807) is 0 Å². The van der Waals surface area contributed by atoms with Crippen LogP contribution in [0.15, 0.2) is 54.6 Å². The summed E-state index contributed by atoms with van der Waals surface area (Å²) in [6, 6.07) is 18.0. The molecule has 2 N–H and O–H groups in total. The van der Waals surface area contributed by atoms with Crippen LogP contribution in [0.2, 0.25) is 0 Å². The Labute approximate surface area is 110 Å². The van der Waals surface area contributed by atoms with Gasteiger partial charge in [0.15, 0.2) is 0 Å².